The Morgan fingerprint density at radius 3 is 2.69 bits per heavy atom. The van der Waals surface area contributed by atoms with Gasteiger partial charge >= 0.3 is 0 Å². The van der Waals surface area contributed by atoms with Crippen LogP contribution in [-0.2, 0) is 0 Å². The zero-order valence-corrected chi connectivity index (χ0v) is 10.6. The largest absolute Gasteiger partial charge is 0.452 e. The first-order chi connectivity index (χ1) is 6.13. The number of ether oxygens (including phenoxy) is 2. The molecular formula is C8H7BrINO2. The molecule has 13 heavy (non-hydrogen) atoms. The van der Waals surface area contributed by atoms with Gasteiger partial charge in [-0.05, 0) is 51.0 Å². The molecule has 1 heterocycles. The van der Waals surface area contributed by atoms with Gasteiger partial charge < -0.3 is 15.2 Å². The van der Waals surface area contributed by atoms with Crippen LogP contribution in [0.2, 0.25) is 0 Å². The highest BCUT2D eigenvalue weighted by atomic mass is 127. The predicted molar refractivity (Wildman–Crippen MR) is 62.1 cm³/mol. The summed E-state index contributed by atoms with van der Waals surface area (Å²) in [5.74, 6) is 1.42. The minimum Gasteiger partial charge on any atom is -0.452 e. The van der Waals surface area contributed by atoms with E-state index in [2.05, 4.69) is 38.5 Å². The van der Waals surface area contributed by atoms with Crippen molar-refractivity contribution < 1.29 is 9.47 Å². The Morgan fingerprint density at radius 1 is 1.38 bits per heavy atom. The van der Waals surface area contributed by atoms with Crippen molar-refractivity contribution in [1.82, 2.24) is 0 Å². The Labute approximate surface area is 97.9 Å². The van der Waals surface area contributed by atoms with Crippen LogP contribution in [0.3, 0.4) is 0 Å². The van der Waals surface area contributed by atoms with E-state index in [0.29, 0.717) is 11.4 Å². The number of rotatable bonds is 0. The Kier molecular flexibility index (Phi) is 2.31. The minimum atomic E-state index is 0.255. The Hall–Kier alpha value is -0.170. The number of hydrogen-bond acceptors (Lipinski definition) is 3. The Balaban J connectivity index is 2.77. The van der Waals surface area contributed by atoms with E-state index >= 15 is 0 Å². The average Bonchev–Trinajstić information content (AvgIpc) is 2.59. The van der Waals surface area contributed by atoms with Crippen LogP contribution in [0.5, 0.6) is 11.5 Å². The van der Waals surface area contributed by atoms with Gasteiger partial charge in [0.15, 0.2) is 11.5 Å². The third kappa shape index (κ3) is 1.28. The molecule has 0 radical (unpaired) electrons. The number of halogens is 2. The number of nitrogen functional groups attached to an aromatic ring is 1. The summed E-state index contributed by atoms with van der Waals surface area (Å²) in [4.78, 5) is 0. The summed E-state index contributed by atoms with van der Waals surface area (Å²) in [5, 5.41) is 0. The average molecular weight is 356 g/mol. The summed E-state index contributed by atoms with van der Waals surface area (Å²) in [7, 11) is 0. The zero-order valence-electron chi connectivity index (χ0n) is 6.86. The van der Waals surface area contributed by atoms with Crippen molar-refractivity contribution in [1.29, 1.82) is 0 Å². The molecule has 5 heteroatoms. The predicted octanol–water partition coefficient (Wildman–Crippen LogP) is 2.67. The molecule has 0 atom stereocenters. The van der Waals surface area contributed by atoms with E-state index in [1.165, 1.54) is 0 Å². The molecule has 2 N–H and O–H groups in total. The van der Waals surface area contributed by atoms with Crippen LogP contribution >= 0.6 is 38.5 Å². The molecule has 0 saturated carbocycles. The summed E-state index contributed by atoms with van der Waals surface area (Å²) >= 11 is 5.64. The van der Waals surface area contributed by atoms with Crippen LogP contribution in [-0.4, -0.2) is 6.79 Å². The lowest BCUT2D eigenvalue weighted by molar-refractivity contribution is 0.174. The molecule has 0 amide bonds. The number of nitrogens with two attached hydrogens (primary N) is 1. The lowest BCUT2D eigenvalue weighted by atomic mass is 10.2. The highest BCUT2D eigenvalue weighted by molar-refractivity contribution is 14.1. The van der Waals surface area contributed by atoms with E-state index in [9.17, 15) is 0 Å². The van der Waals surface area contributed by atoms with Gasteiger partial charge in [-0.25, -0.2) is 0 Å². The molecule has 0 aromatic heterocycles. The first-order valence-corrected chi connectivity index (χ1v) is 5.52. The Morgan fingerprint density at radius 2 is 2.00 bits per heavy atom. The lowest BCUT2D eigenvalue weighted by Gasteiger charge is -2.09. The lowest BCUT2D eigenvalue weighted by Crippen LogP contribution is -1.95. The fourth-order valence-electron chi connectivity index (χ4n) is 1.21. The molecular weight excluding hydrogens is 349 g/mol. The van der Waals surface area contributed by atoms with Gasteiger partial charge in [-0.1, -0.05) is 0 Å². The van der Waals surface area contributed by atoms with Gasteiger partial charge in [0.2, 0.25) is 6.79 Å². The van der Waals surface area contributed by atoms with Crippen LogP contribution in [0, 0.1) is 10.5 Å². The molecule has 0 spiro atoms. The molecule has 1 aliphatic rings. The first kappa shape index (κ1) is 9.39. The second-order valence-electron chi connectivity index (χ2n) is 2.73. The maximum atomic E-state index is 5.85. The monoisotopic (exact) mass is 355 g/mol. The van der Waals surface area contributed by atoms with E-state index in [4.69, 9.17) is 15.2 Å². The molecule has 0 bridgehead atoms. The fraction of sp³-hybridized carbons (Fsp3) is 0.250. The fourth-order valence-corrected chi connectivity index (χ4v) is 2.63. The molecule has 3 nitrogen and oxygen atoms in total. The molecule has 70 valence electrons. The maximum Gasteiger partial charge on any atom is 0.231 e. The van der Waals surface area contributed by atoms with Gasteiger partial charge in [0, 0.05) is 4.47 Å². The molecule has 0 saturated heterocycles. The van der Waals surface area contributed by atoms with Crippen molar-refractivity contribution >= 4 is 44.2 Å². The number of benzene rings is 1. The van der Waals surface area contributed by atoms with E-state index in [1.807, 2.05) is 6.92 Å². The van der Waals surface area contributed by atoms with Gasteiger partial charge in [0.25, 0.3) is 0 Å². The van der Waals surface area contributed by atoms with Gasteiger partial charge in [-0.15, -0.1) is 0 Å². The van der Waals surface area contributed by atoms with Crippen LogP contribution in [0.4, 0.5) is 5.69 Å². The van der Waals surface area contributed by atoms with Crippen LogP contribution < -0.4 is 15.2 Å². The van der Waals surface area contributed by atoms with E-state index in [-0.39, 0.29) is 6.79 Å². The van der Waals surface area contributed by atoms with Crippen LogP contribution in [0.25, 0.3) is 0 Å². The van der Waals surface area contributed by atoms with Crippen molar-refractivity contribution in [3.8, 4) is 11.5 Å². The van der Waals surface area contributed by atoms with Crippen molar-refractivity contribution in [2.75, 3.05) is 12.5 Å². The van der Waals surface area contributed by atoms with Crippen molar-refractivity contribution in [2.45, 2.75) is 6.92 Å². The number of fused-ring (bicyclic) bond motifs is 1. The van der Waals surface area contributed by atoms with E-state index < -0.39 is 0 Å². The second-order valence-corrected chi connectivity index (χ2v) is 4.60. The molecule has 1 aliphatic heterocycles. The first-order valence-electron chi connectivity index (χ1n) is 3.65. The van der Waals surface area contributed by atoms with Crippen molar-refractivity contribution in [2.24, 2.45) is 0 Å². The quantitative estimate of drug-likeness (QED) is 0.574. The highest BCUT2D eigenvalue weighted by Gasteiger charge is 2.24. The third-order valence-corrected chi connectivity index (χ3v) is 4.27. The SMILES string of the molecule is Cc1c(Br)c(N)c2c(c1I)OCO2. The van der Waals surface area contributed by atoms with Gasteiger partial charge in [0.1, 0.15) is 0 Å². The standard InChI is InChI=1S/C8H7BrINO2/c1-3-4(9)6(11)8-7(5(3)10)12-2-13-8/h2,11H2,1H3. The molecule has 0 aliphatic carbocycles. The maximum absolute atomic E-state index is 5.85. The smallest absolute Gasteiger partial charge is 0.231 e. The summed E-state index contributed by atoms with van der Waals surface area (Å²) in [6, 6.07) is 0. The summed E-state index contributed by atoms with van der Waals surface area (Å²) in [5.41, 5.74) is 7.55. The molecule has 2 rings (SSSR count). The zero-order chi connectivity index (χ0) is 9.59. The molecule has 0 fully saturated rings. The number of hydrogen-bond donors (Lipinski definition) is 1. The summed E-state index contributed by atoms with van der Waals surface area (Å²) in [6.45, 7) is 2.25. The number of anilines is 1. The van der Waals surface area contributed by atoms with Gasteiger partial charge in [-0.3, -0.25) is 0 Å². The molecule has 1 aromatic rings. The minimum absolute atomic E-state index is 0.255. The second kappa shape index (κ2) is 3.20. The van der Waals surface area contributed by atoms with Crippen molar-refractivity contribution in [3.63, 3.8) is 0 Å². The normalized spacial score (nSPS) is 13.5. The summed E-state index contributed by atoms with van der Waals surface area (Å²) < 4.78 is 12.5. The van der Waals surface area contributed by atoms with E-state index in [1.54, 1.807) is 0 Å². The van der Waals surface area contributed by atoms with Gasteiger partial charge in [-0.2, -0.15) is 0 Å². The van der Waals surface area contributed by atoms with Crippen LogP contribution in [0.15, 0.2) is 4.47 Å². The van der Waals surface area contributed by atoms with Crippen LogP contribution in [0.1, 0.15) is 5.56 Å². The highest BCUT2D eigenvalue weighted by Crippen LogP contribution is 2.47. The molecule has 0 unspecified atom stereocenters. The topological polar surface area (TPSA) is 44.5 Å². The van der Waals surface area contributed by atoms with Gasteiger partial charge in [0.05, 0.1) is 9.26 Å². The Bertz CT molecular complexity index is 346. The summed E-state index contributed by atoms with van der Waals surface area (Å²) in [6.07, 6.45) is 0. The molecule has 1 aromatic carbocycles. The van der Waals surface area contributed by atoms with E-state index in [0.717, 1.165) is 19.4 Å². The van der Waals surface area contributed by atoms with Crippen molar-refractivity contribution in [3.05, 3.63) is 13.6 Å². The third-order valence-electron chi connectivity index (χ3n) is 1.95.